The zero-order valence-electron chi connectivity index (χ0n) is 11.0. The first kappa shape index (κ1) is 12.0. The van der Waals surface area contributed by atoms with Crippen molar-refractivity contribution < 1.29 is 9.21 Å². The molecule has 1 saturated carbocycles. The van der Waals surface area contributed by atoms with Crippen LogP contribution in [0.1, 0.15) is 19.2 Å². The standard InChI is InChI=1S/C15H16N2O2/c1-9-7-13(9)15(18)17-12-5-3-11(4-6-12)14-8-16-10(2)19-14/h3-6,8-9,13H,7H2,1-2H3,(H,17,18). The summed E-state index contributed by atoms with van der Waals surface area (Å²) in [5, 5.41) is 2.93. The maximum Gasteiger partial charge on any atom is 0.227 e. The lowest BCUT2D eigenvalue weighted by molar-refractivity contribution is -0.117. The number of rotatable bonds is 3. The molecule has 1 aliphatic rings. The summed E-state index contributed by atoms with van der Waals surface area (Å²) in [6.07, 6.45) is 2.70. The lowest BCUT2D eigenvalue weighted by Gasteiger charge is -2.05. The molecule has 0 bridgehead atoms. The Kier molecular flexibility index (Phi) is 2.85. The first-order valence-corrected chi connectivity index (χ1v) is 6.47. The molecule has 1 fully saturated rings. The molecule has 2 unspecified atom stereocenters. The average molecular weight is 256 g/mol. The Labute approximate surface area is 111 Å². The normalized spacial score (nSPS) is 21.2. The monoisotopic (exact) mass is 256 g/mol. The molecule has 1 aromatic heterocycles. The second-order valence-electron chi connectivity index (χ2n) is 5.13. The third-order valence-electron chi connectivity index (χ3n) is 3.50. The van der Waals surface area contributed by atoms with Gasteiger partial charge in [-0.3, -0.25) is 4.79 Å². The predicted octanol–water partition coefficient (Wildman–Crippen LogP) is 3.24. The van der Waals surface area contributed by atoms with Crippen molar-refractivity contribution in [1.82, 2.24) is 4.98 Å². The van der Waals surface area contributed by atoms with Gasteiger partial charge in [-0.2, -0.15) is 0 Å². The minimum atomic E-state index is 0.121. The lowest BCUT2D eigenvalue weighted by atomic mass is 10.1. The summed E-state index contributed by atoms with van der Waals surface area (Å²) >= 11 is 0. The largest absolute Gasteiger partial charge is 0.441 e. The molecular weight excluding hydrogens is 240 g/mol. The molecule has 0 spiro atoms. The zero-order valence-corrected chi connectivity index (χ0v) is 11.0. The predicted molar refractivity (Wildman–Crippen MR) is 72.6 cm³/mol. The van der Waals surface area contributed by atoms with Gasteiger partial charge in [0.15, 0.2) is 11.7 Å². The van der Waals surface area contributed by atoms with Crippen LogP contribution in [0, 0.1) is 18.8 Å². The van der Waals surface area contributed by atoms with Gasteiger partial charge in [0, 0.05) is 24.1 Å². The number of anilines is 1. The molecular formula is C15H16N2O2. The SMILES string of the molecule is Cc1ncc(-c2ccc(NC(=O)C3CC3C)cc2)o1. The molecule has 1 amide bonds. The van der Waals surface area contributed by atoms with Crippen molar-refractivity contribution in [1.29, 1.82) is 0 Å². The van der Waals surface area contributed by atoms with Crippen LogP contribution in [0.25, 0.3) is 11.3 Å². The first-order chi connectivity index (χ1) is 9.13. The molecule has 1 N–H and O–H groups in total. The second kappa shape index (κ2) is 4.53. The maximum atomic E-state index is 11.8. The van der Waals surface area contributed by atoms with E-state index in [1.54, 1.807) is 6.20 Å². The fourth-order valence-corrected chi connectivity index (χ4v) is 2.14. The lowest BCUT2D eigenvalue weighted by Crippen LogP contribution is -2.14. The Balaban J connectivity index is 1.70. The van der Waals surface area contributed by atoms with Crippen molar-refractivity contribution in [2.24, 2.45) is 11.8 Å². The van der Waals surface area contributed by atoms with E-state index in [2.05, 4.69) is 17.2 Å². The molecule has 19 heavy (non-hydrogen) atoms. The maximum absolute atomic E-state index is 11.8. The van der Waals surface area contributed by atoms with Gasteiger partial charge in [-0.1, -0.05) is 6.92 Å². The summed E-state index contributed by atoms with van der Waals surface area (Å²) in [7, 11) is 0. The van der Waals surface area contributed by atoms with Crippen molar-refractivity contribution >= 4 is 11.6 Å². The molecule has 0 aliphatic heterocycles. The first-order valence-electron chi connectivity index (χ1n) is 6.47. The number of carbonyl (C=O) groups is 1. The highest BCUT2D eigenvalue weighted by atomic mass is 16.4. The molecule has 1 aromatic carbocycles. The van der Waals surface area contributed by atoms with Crippen molar-refractivity contribution in [3.05, 3.63) is 36.4 Å². The van der Waals surface area contributed by atoms with Gasteiger partial charge >= 0.3 is 0 Å². The van der Waals surface area contributed by atoms with E-state index in [9.17, 15) is 4.79 Å². The van der Waals surface area contributed by atoms with E-state index < -0.39 is 0 Å². The Morgan fingerprint density at radius 1 is 1.37 bits per heavy atom. The smallest absolute Gasteiger partial charge is 0.227 e. The van der Waals surface area contributed by atoms with Crippen molar-refractivity contribution in [3.8, 4) is 11.3 Å². The van der Waals surface area contributed by atoms with Gasteiger partial charge in [0.2, 0.25) is 5.91 Å². The fourth-order valence-electron chi connectivity index (χ4n) is 2.14. The van der Waals surface area contributed by atoms with E-state index in [4.69, 9.17) is 4.42 Å². The summed E-state index contributed by atoms with van der Waals surface area (Å²) in [4.78, 5) is 15.9. The number of aromatic nitrogens is 1. The number of aryl methyl sites for hydroxylation is 1. The zero-order chi connectivity index (χ0) is 13.4. The van der Waals surface area contributed by atoms with Gasteiger partial charge in [-0.05, 0) is 36.6 Å². The van der Waals surface area contributed by atoms with Gasteiger partial charge in [0.1, 0.15) is 0 Å². The number of carbonyl (C=O) groups excluding carboxylic acids is 1. The number of hydrogen-bond donors (Lipinski definition) is 1. The van der Waals surface area contributed by atoms with Gasteiger partial charge in [-0.25, -0.2) is 4.98 Å². The summed E-state index contributed by atoms with van der Waals surface area (Å²) in [5.74, 6) is 2.23. The molecule has 4 heteroatoms. The van der Waals surface area contributed by atoms with Gasteiger partial charge in [-0.15, -0.1) is 0 Å². The second-order valence-corrected chi connectivity index (χ2v) is 5.13. The quantitative estimate of drug-likeness (QED) is 0.917. The Hall–Kier alpha value is -2.10. The molecule has 0 saturated heterocycles. The van der Waals surface area contributed by atoms with E-state index >= 15 is 0 Å². The van der Waals surface area contributed by atoms with Crippen molar-refractivity contribution in [2.75, 3.05) is 5.32 Å². The number of nitrogens with zero attached hydrogens (tertiary/aromatic N) is 1. The Morgan fingerprint density at radius 2 is 2.05 bits per heavy atom. The van der Waals surface area contributed by atoms with Crippen LogP contribution in [0.2, 0.25) is 0 Å². The average Bonchev–Trinajstić information content (AvgIpc) is 2.97. The molecule has 1 aliphatic carbocycles. The van der Waals surface area contributed by atoms with Crippen molar-refractivity contribution in [3.63, 3.8) is 0 Å². The highest BCUT2D eigenvalue weighted by Crippen LogP contribution is 2.38. The Morgan fingerprint density at radius 3 is 2.58 bits per heavy atom. The molecule has 4 nitrogen and oxygen atoms in total. The number of nitrogens with one attached hydrogen (secondary N) is 1. The van der Waals surface area contributed by atoms with Crippen LogP contribution in [0.15, 0.2) is 34.9 Å². The summed E-state index contributed by atoms with van der Waals surface area (Å²) in [6, 6.07) is 7.62. The van der Waals surface area contributed by atoms with Crippen LogP contribution >= 0.6 is 0 Å². The molecule has 3 rings (SSSR count). The fraction of sp³-hybridized carbons (Fsp3) is 0.333. The van der Waals surface area contributed by atoms with Gasteiger partial charge < -0.3 is 9.73 Å². The van der Waals surface area contributed by atoms with Crippen LogP contribution in [0.3, 0.4) is 0 Å². The van der Waals surface area contributed by atoms with Crippen LogP contribution in [0.5, 0.6) is 0 Å². The van der Waals surface area contributed by atoms with E-state index in [1.807, 2.05) is 31.2 Å². The van der Waals surface area contributed by atoms with Crippen LogP contribution < -0.4 is 5.32 Å². The highest BCUT2D eigenvalue weighted by Gasteiger charge is 2.38. The molecule has 0 radical (unpaired) electrons. The highest BCUT2D eigenvalue weighted by molar-refractivity contribution is 5.94. The van der Waals surface area contributed by atoms with E-state index in [1.165, 1.54) is 0 Å². The molecule has 1 heterocycles. The van der Waals surface area contributed by atoms with Gasteiger partial charge in [0.05, 0.1) is 6.20 Å². The third kappa shape index (κ3) is 2.52. The topological polar surface area (TPSA) is 55.1 Å². The van der Waals surface area contributed by atoms with Crippen LogP contribution in [0.4, 0.5) is 5.69 Å². The van der Waals surface area contributed by atoms with Crippen LogP contribution in [-0.4, -0.2) is 10.9 Å². The summed E-state index contributed by atoms with van der Waals surface area (Å²) in [5.41, 5.74) is 1.78. The molecule has 2 aromatic rings. The number of hydrogen-bond acceptors (Lipinski definition) is 3. The third-order valence-corrected chi connectivity index (χ3v) is 3.50. The van der Waals surface area contributed by atoms with Gasteiger partial charge in [0.25, 0.3) is 0 Å². The van der Waals surface area contributed by atoms with E-state index in [-0.39, 0.29) is 11.8 Å². The minimum absolute atomic E-state index is 0.121. The molecule has 2 atom stereocenters. The molecule has 98 valence electrons. The number of oxazole rings is 1. The summed E-state index contributed by atoms with van der Waals surface area (Å²) < 4.78 is 5.45. The summed E-state index contributed by atoms with van der Waals surface area (Å²) in [6.45, 7) is 3.91. The van der Waals surface area contributed by atoms with E-state index in [0.717, 1.165) is 23.4 Å². The Bertz CT molecular complexity index is 601. The van der Waals surface area contributed by atoms with Crippen molar-refractivity contribution in [2.45, 2.75) is 20.3 Å². The minimum Gasteiger partial charge on any atom is -0.441 e. The van der Waals surface area contributed by atoms with Crippen LogP contribution in [-0.2, 0) is 4.79 Å². The van der Waals surface area contributed by atoms with E-state index in [0.29, 0.717) is 11.8 Å². The number of benzene rings is 1. The number of amides is 1.